The molecule has 0 aliphatic carbocycles. The summed E-state index contributed by atoms with van der Waals surface area (Å²) in [5.41, 5.74) is 7.62. The van der Waals surface area contributed by atoms with E-state index < -0.39 is 16.8 Å². The first-order valence-corrected chi connectivity index (χ1v) is 7.95. The fourth-order valence-corrected chi connectivity index (χ4v) is 2.43. The number of hydrogen-bond acceptors (Lipinski definition) is 6. The number of aryl methyl sites for hydroxylation is 2. The van der Waals surface area contributed by atoms with Gasteiger partial charge in [-0.1, -0.05) is 23.4 Å². The van der Waals surface area contributed by atoms with Crippen molar-refractivity contribution in [2.75, 3.05) is 0 Å². The summed E-state index contributed by atoms with van der Waals surface area (Å²) in [5.74, 6) is -1.75. The summed E-state index contributed by atoms with van der Waals surface area (Å²) in [5, 5.41) is 26.8. The molecule has 1 aromatic heterocycles. The van der Waals surface area contributed by atoms with Crippen molar-refractivity contribution < 1.29 is 19.6 Å². The first-order valence-electron chi connectivity index (χ1n) is 7.95. The molecular formula is C18H17N5O5. The molecule has 3 aromatic rings. The molecule has 1 heterocycles. The normalized spacial score (nSPS) is 10.5. The van der Waals surface area contributed by atoms with Crippen molar-refractivity contribution in [2.45, 2.75) is 6.92 Å². The molecule has 144 valence electrons. The van der Waals surface area contributed by atoms with Gasteiger partial charge in [-0.3, -0.25) is 14.9 Å². The lowest BCUT2D eigenvalue weighted by molar-refractivity contribution is -0.385. The second-order valence-electron chi connectivity index (χ2n) is 5.73. The molecule has 0 bridgehead atoms. The zero-order valence-electron chi connectivity index (χ0n) is 15.1. The SMILES string of the molecule is Cc1cccc(C(N)=O)c1[N+](=O)[O-].Cn1nnc2cc(/C=C/C(=O)O)ccc21. The van der Waals surface area contributed by atoms with Crippen LogP contribution in [0.3, 0.4) is 0 Å². The standard InChI is InChI=1S/C10H9N3O2.C8H8N2O3/c1-13-9-4-2-7(3-5-10(14)15)6-8(9)11-12-13;1-5-3-2-4-6(8(9)11)7(5)10(12)13/h2-6H,1H3,(H,14,15);2-4H,1H3,(H2,9,11)/b5-3+;. The Bertz CT molecular complexity index is 1090. The van der Waals surface area contributed by atoms with Crippen LogP contribution < -0.4 is 5.73 Å². The highest BCUT2D eigenvalue weighted by atomic mass is 16.6. The van der Waals surface area contributed by atoms with Crippen LogP contribution in [0.1, 0.15) is 21.5 Å². The number of hydrogen-bond donors (Lipinski definition) is 2. The Morgan fingerprint density at radius 3 is 2.57 bits per heavy atom. The van der Waals surface area contributed by atoms with Crippen LogP contribution in [-0.4, -0.2) is 36.9 Å². The number of amides is 1. The lowest BCUT2D eigenvalue weighted by atomic mass is 10.1. The highest BCUT2D eigenvalue weighted by Gasteiger charge is 2.19. The van der Waals surface area contributed by atoms with Crippen molar-refractivity contribution in [2.24, 2.45) is 12.8 Å². The van der Waals surface area contributed by atoms with Gasteiger partial charge in [0.05, 0.1) is 10.4 Å². The number of nitro benzene ring substituents is 1. The van der Waals surface area contributed by atoms with Gasteiger partial charge < -0.3 is 10.8 Å². The number of carboxylic acid groups (broad SMARTS) is 1. The van der Waals surface area contributed by atoms with E-state index in [4.69, 9.17) is 10.8 Å². The quantitative estimate of drug-likeness (QED) is 0.397. The largest absolute Gasteiger partial charge is 0.478 e. The van der Waals surface area contributed by atoms with Crippen LogP contribution in [0.25, 0.3) is 17.1 Å². The molecule has 1 amide bonds. The summed E-state index contributed by atoms with van der Waals surface area (Å²) in [7, 11) is 1.81. The van der Waals surface area contributed by atoms with Crippen LogP contribution in [0.5, 0.6) is 0 Å². The predicted octanol–water partition coefficient (Wildman–Crippen LogP) is 2.07. The first-order chi connectivity index (χ1) is 13.2. The fourth-order valence-electron chi connectivity index (χ4n) is 2.43. The number of aliphatic carboxylic acids is 1. The minimum Gasteiger partial charge on any atom is -0.478 e. The maximum atomic E-state index is 10.8. The van der Waals surface area contributed by atoms with E-state index in [0.717, 1.165) is 22.7 Å². The molecule has 0 aliphatic rings. The van der Waals surface area contributed by atoms with E-state index in [1.807, 2.05) is 19.2 Å². The smallest absolute Gasteiger partial charge is 0.328 e. The van der Waals surface area contributed by atoms with Crippen LogP contribution in [-0.2, 0) is 11.8 Å². The molecule has 0 aliphatic heterocycles. The maximum absolute atomic E-state index is 10.8. The third-order valence-corrected chi connectivity index (χ3v) is 3.74. The van der Waals surface area contributed by atoms with Crippen LogP contribution in [0.4, 0.5) is 5.69 Å². The Kier molecular flexibility index (Phi) is 6.17. The number of nitrogens with zero attached hydrogens (tertiary/aromatic N) is 4. The number of fused-ring (bicyclic) bond motifs is 1. The van der Waals surface area contributed by atoms with E-state index in [-0.39, 0.29) is 11.3 Å². The molecule has 0 atom stereocenters. The van der Waals surface area contributed by atoms with Gasteiger partial charge in [-0.15, -0.1) is 5.10 Å². The third-order valence-electron chi connectivity index (χ3n) is 3.74. The summed E-state index contributed by atoms with van der Waals surface area (Å²) in [4.78, 5) is 31.1. The third kappa shape index (κ3) is 4.75. The highest BCUT2D eigenvalue weighted by Crippen LogP contribution is 2.22. The number of aromatic nitrogens is 3. The lowest BCUT2D eigenvalue weighted by Crippen LogP contribution is -2.13. The van der Waals surface area contributed by atoms with Gasteiger partial charge in [0.15, 0.2) is 0 Å². The van der Waals surface area contributed by atoms with E-state index in [2.05, 4.69) is 10.3 Å². The Hall–Kier alpha value is -4.08. The van der Waals surface area contributed by atoms with Crippen LogP contribution in [0, 0.1) is 17.0 Å². The van der Waals surface area contributed by atoms with Gasteiger partial charge in [0, 0.05) is 18.7 Å². The number of nitro groups is 1. The molecule has 0 saturated heterocycles. The number of rotatable bonds is 4. The molecule has 10 nitrogen and oxygen atoms in total. The Morgan fingerprint density at radius 2 is 2.00 bits per heavy atom. The molecule has 3 rings (SSSR count). The molecular weight excluding hydrogens is 366 g/mol. The summed E-state index contributed by atoms with van der Waals surface area (Å²) in [6, 6.07) is 9.93. The number of benzene rings is 2. The molecule has 0 unspecified atom stereocenters. The van der Waals surface area contributed by atoms with E-state index in [0.29, 0.717) is 5.56 Å². The molecule has 0 radical (unpaired) electrons. The fraction of sp³-hybridized carbons (Fsp3) is 0.111. The Labute approximate surface area is 159 Å². The number of nitrogens with two attached hydrogens (primary N) is 1. The van der Waals surface area contributed by atoms with Crippen molar-refractivity contribution >= 4 is 34.7 Å². The van der Waals surface area contributed by atoms with E-state index in [1.165, 1.54) is 12.1 Å². The van der Waals surface area contributed by atoms with Gasteiger partial charge >= 0.3 is 5.97 Å². The predicted molar refractivity (Wildman–Crippen MR) is 102 cm³/mol. The topological polar surface area (TPSA) is 154 Å². The zero-order chi connectivity index (χ0) is 20.8. The molecule has 2 aromatic carbocycles. The second-order valence-corrected chi connectivity index (χ2v) is 5.73. The maximum Gasteiger partial charge on any atom is 0.328 e. The van der Waals surface area contributed by atoms with Gasteiger partial charge in [-0.05, 0) is 36.8 Å². The van der Waals surface area contributed by atoms with E-state index in [1.54, 1.807) is 29.8 Å². The summed E-state index contributed by atoms with van der Waals surface area (Å²) in [6.07, 6.45) is 2.62. The van der Waals surface area contributed by atoms with Crippen molar-refractivity contribution in [3.8, 4) is 0 Å². The number of carbonyl (C=O) groups is 2. The average molecular weight is 383 g/mol. The molecule has 0 fully saturated rings. The van der Waals surface area contributed by atoms with Gasteiger partial charge in [-0.2, -0.15) is 0 Å². The number of para-hydroxylation sites is 1. The summed E-state index contributed by atoms with van der Waals surface area (Å²) >= 11 is 0. The minimum absolute atomic E-state index is 0.0509. The monoisotopic (exact) mass is 383 g/mol. The summed E-state index contributed by atoms with van der Waals surface area (Å²) in [6.45, 7) is 1.56. The number of primary amides is 1. The zero-order valence-corrected chi connectivity index (χ0v) is 15.1. The lowest BCUT2D eigenvalue weighted by Gasteiger charge is -2.00. The van der Waals surface area contributed by atoms with Crippen LogP contribution in [0.2, 0.25) is 0 Å². The first kappa shape index (κ1) is 20.2. The van der Waals surface area contributed by atoms with Gasteiger partial charge in [0.2, 0.25) is 0 Å². The summed E-state index contributed by atoms with van der Waals surface area (Å²) < 4.78 is 1.67. The number of carboxylic acids is 1. The van der Waals surface area contributed by atoms with Crippen molar-refractivity contribution in [3.05, 3.63) is 69.3 Å². The van der Waals surface area contributed by atoms with Crippen molar-refractivity contribution in [1.29, 1.82) is 0 Å². The van der Waals surface area contributed by atoms with Gasteiger partial charge in [0.25, 0.3) is 11.6 Å². The highest BCUT2D eigenvalue weighted by molar-refractivity contribution is 5.97. The van der Waals surface area contributed by atoms with Gasteiger partial charge in [0.1, 0.15) is 11.1 Å². The second kappa shape index (κ2) is 8.54. The van der Waals surface area contributed by atoms with E-state index in [9.17, 15) is 19.7 Å². The average Bonchev–Trinajstić information content (AvgIpc) is 3.00. The molecule has 28 heavy (non-hydrogen) atoms. The minimum atomic E-state index is -0.964. The van der Waals surface area contributed by atoms with Crippen LogP contribution >= 0.6 is 0 Å². The number of carbonyl (C=O) groups excluding carboxylic acids is 1. The van der Waals surface area contributed by atoms with Crippen LogP contribution in [0.15, 0.2) is 42.5 Å². The molecule has 0 spiro atoms. The van der Waals surface area contributed by atoms with Crippen molar-refractivity contribution in [1.82, 2.24) is 15.0 Å². The molecule has 10 heteroatoms. The molecule has 0 saturated carbocycles. The Morgan fingerprint density at radius 1 is 1.29 bits per heavy atom. The van der Waals surface area contributed by atoms with Gasteiger partial charge in [-0.25, -0.2) is 9.48 Å². The van der Waals surface area contributed by atoms with Crippen molar-refractivity contribution in [3.63, 3.8) is 0 Å². The van der Waals surface area contributed by atoms with E-state index >= 15 is 0 Å². The molecule has 3 N–H and O–H groups in total. The Balaban J connectivity index is 0.000000203.